The number of nitrogens with zero attached hydrogens (tertiary/aromatic N) is 1. The van der Waals surface area contributed by atoms with E-state index in [-0.39, 0.29) is 12.7 Å². The van der Waals surface area contributed by atoms with E-state index in [1.54, 1.807) is 11.3 Å². The number of thiophene rings is 1. The number of nitrogens with one attached hydrogen (secondary N) is 1. The van der Waals surface area contributed by atoms with E-state index in [0.29, 0.717) is 13.0 Å². The SMILES string of the molecule is CN(CCC(=O)NCc1ccc2c(c1)OCO2)Cc1ccc(Br)s1. The molecule has 0 atom stereocenters. The van der Waals surface area contributed by atoms with Gasteiger partial charge in [0.05, 0.1) is 3.79 Å². The van der Waals surface area contributed by atoms with E-state index < -0.39 is 0 Å². The summed E-state index contributed by atoms with van der Waals surface area (Å²) in [6, 6.07) is 9.87. The summed E-state index contributed by atoms with van der Waals surface area (Å²) in [7, 11) is 2.03. The largest absolute Gasteiger partial charge is 0.454 e. The van der Waals surface area contributed by atoms with Gasteiger partial charge in [0.15, 0.2) is 11.5 Å². The van der Waals surface area contributed by atoms with Crippen LogP contribution < -0.4 is 14.8 Å². The summed E-state index contributed by atoms with van der Waals surface area (Å²) in [5, 5.41) is 2.95. The minimum absolute atomic E-state index is 0.0480. The fraction of sp³-hybridized carbons (Fsp3) is 0.353. The van der Waals surface area contributed by atoms with Crippen LogP contribution in [-0.2, 0) is 17.9 Å². The number of rotatable bonds is 7. The van der Waals surface area contributed by atoms with E-state index in [0.717, 1.165) is 33.9 Å². The number of amides is 1. The standard InChI is InChI=1S/C17H19BrN2O3S/c1-20(10-13-3-5-16(18)24-13)7-6-17(21)19-9-12-2-4-14-15(8-12)23-11-22-14/h2-5,8H,6-7,9-11H2,1H3,(H,19,21). The molecule has 128 valence electrons. The molecule has 1 aromatic heterocycles. The van der Waals surface area contributed by atoms with Gasteiger partial charge < -0.3 is 19.7 Å². The number of carbonyl (C=O) groups excluding carboxylic acids is 1. The highest BCUT2D eigenvalue weighted by atomic mass is 79.9. The number of hydrogen-bond acceptors (Lipinski definition) is 5. The van der Waals surface area contributed by atoms with Crippen LogP contribution in [-0.4, -0.2) is 31.2 Å². The molecule has 0 spiro atoms. The second kappa shape index (κ2) is 8.00. The lowest BCUT2D eigenvalue weighted by Crippen LogP contribution is -2.28. The van der Waals surface area contributed by atoms with Gasteiger partial charge in [-0.15, -0.1) is 11.3 Å². The molecule has 1 aliphatic heterocycles. The normalized spacial score (nSPS) is 12.6. The molecule has 0 unspecified atom stereocenters. The van der Waals surface area contributed by atoms with Crippen molar-refractivity contribution in [1.82, 2.24) is 10.2 Å². The Bertz CT molecular complexity index is 720. The van der Waals surface area contributed by atoms with Crippen LogP contribution in [0, 0.1) is 0 Å². The summed E-state index contributed by atoms with van der Waals surface area (Å²) in [6.45, 7) is 2.34. The lowest BCUT2D eigenvalue weighted by atomic mass is 10.2. The summed E-state index contributed by atoms with van der Waals surface area (Å²) in [6.07, 6.45) is 0.480. The van der Waals surface area contributed by atoms with Crippen LogP contribution in [0.3, 0.4) is 0 Å². The number of halogens is 1. The Hall–Kier alpha value is -1.57. The van der Waals surface area contributed by atoms with Gasteiger partial charge in [-0.3, -0.25) is 4.79 Å². The van der Waals surface area contributed by atoms with Crippen molar-refractivity contribution in [2.75, 3.05) is 20.4 Å². The summed E-state index contributed by atoms with van der Waals surface area (Å²) in [4.78, 5) is 15.4. The average Bonchev–Trinajstić information content (AvgIpc) is 3.19. The predicted octanol–water partition coefficient (Wildman–Crippen LogP) is 3.38. The zero-order chi connectivity index (χ0) is 16.9. The highest BCUT2D eigenvalue weighted by molar-refractivity contribution is 9.11. The highest BCUT2D eigenvalue weighted by Gasteiger charge is 2.13. The second-order valence-electron chi connectivity index (χ2n) is 5.66. The van der Waals surface area contributed by atoms with Crippen LogP contribution in [0.25, 0.3) is 0 Å². The molecule has 0 saturated heterocycles. The summed E-state index contributed by atoms with van der Waals surface area (Å²) >= 11 is 5.18. The van der Waals surface area contributed by atoms with E-state index >= 15 is 0 Å². The van der Waals surface area contributed by atoms with E-state index in [2.05, 4.69) is 32.2 Å². The van der Waals surface area contributed by atoms with Crippen molar-refractivity contribution in [2.45, 2.75) is 19.5 Å². The van der Waals surface area contributed by atoms with Crippen LogP contribution in [0.15, 0.2) is 34.1 Å². The first-order valence-electron chi connectivity index (χ1n) is 7.68. The first-order chi connectivity index (χ1) is 11.6. The van der Waals surface area contributed by atoms with Crippen molar-refractivity contribution in [3.8, 4) is 11.5 Å². The molecule has 1 aromatic carbocycles. The van der Waals surface area contributed by atoms with Gasteiger partial charge in [0.25, 0.3) is 0 Å². The van der Waals surface area contributed by atoms with Gasteiger partial charge >= 0.3 is 0 Å². The third kappa shape index (κ3) is 4.72. The molecule has 1 amide bonds. The summed E-state index contributed by atoms with van der Waals surface area (Å²) < 4.78 is 11.7. The van der Waals surface area contributed by atoms with Gasteiger partial charge in [-0.05, 0) is 52.8 Å². The lowest BCUT2D eigenvalue weighted by Gasteiger charge is -2.15. The molecule has 1 N–H and O–H groups in total. The molecule has 24 heavy (non-hydrogen) atoms. The summed E-state index contributed by atoms with van der Waals surface area (Å²) in [5.74, 6) is 1.54. The Morgan fingerprint density at radius 1 is 1.29 bits per heavy atom. The molecular formula is C17H19BrN2O3S. The zero-order valence-corrected chi connectivity index (χ0v) is 15.8. The first-order valence-corrected chi connectivity index (χ1v) is 9.29. The highest BCUT2D eigenvalue weighted by Crippen LogP contribution is 2.32. The Morgan fingerprint density at radius 2 is 2.12 bits per heavy atom. The molecule has 3 rings (SSSR count). The molecule has 1 aliphatic rings. The Labute approximate surface area is 153 Å². The molecule has 0 bridgehead atoms. The van der Waals surface area contributed by atoms with Crippen molar-refractivity contribution in [3.05, 3.63) is 44.6 Å². The summed E-state index contributed by atoms with van der Waals surface area (Å²) in [5.41, 5.74) is 1.00. The smallest absolute Gasteiger partial charge is 0.231 e. The van der Waals surface area contributed by atoms with Gasteiger partial charge in [0, 0.05) is 30.9 Å². The second-order valence-corrected chi connectivity index (χ2v) is 8.21. The van der Waals surface area contributed by atoms with Crippen molar-refractivity contribution >= 4 is 33.2 Å². The van der Waals surface area contributed by atoms with Crippen LogP contribution >= 0.6 is 27.3 Å². The lowest BCUT2D eigenvalue weighted by molar-refractivity contribution is -0.121. The van der Waals surface area contributed by atoms with E-state index in [4.69, 9.17) is 9.47 Å². The van der Waals surface area contributed by atoms with Crippen molar-refractivity contribution in [3.63, 3.8) is 0 Å². The number of hydrogen-bond donors (Lipinski definition) is 1. The van der Waals surface area contributed by atoms with Gasteiger partial charge in [-0.2, -0.15) is 0 Å². The Balaban J connectivity index is 1.39. The van der Waals surface area contributed by atoms with E-state index in [9.17, 15) is 4.79 Å². The van der Waals surface area contributed by atoms with Gasteiger partial charge in [-0.25, -0.2) is 0 Å². The van der Waals surface area contributed by atoms with E-state index in [1.807, 2.05) is 31.3 Å². The maximum atomic E-state index is 12.0. The monoisotopic (exact) mass is 410 g/mol. The van der Waals surface area contributed by atoms with Crippen LogP contribution in [0.5, 0.6) is 11.5 Å². The first kappa shape index (κ1) is 17.3. The molecule has 2 aromatic rings. The molecule has 7 heteroatoms. The number of ether oxygens (including phenoxy) is 2. The van der Waals surface area contributed by atoms with Gasteiger partial charge in [0.2, 0.25) is 12.7 Å². The molecule has 0 saturated carbocycles. The molecule has 2 heterocycles. The quantitative estimate of drug-likeness (QED) is 0.759. The zero-order valence-electron chi connectivity index (χ0n) is 13.4. The Kier molecular flexibility index (Phi) is 5.76. The maximum Gasteiger partial charge on any atom is 0.231 e. The molecule has 0 radical (unpaired) electrons. The van der Waals surface area contributed by atoms with Crippen molar-refractivity contribution in [2.24, 2.45) is 0 Å². The van der Waals surface area contributed by atoms with E-state index in [1.165, 1.54) is 4.88 Å². The molecule has 0 aliphatic carbocycles. The fourth-order valence-electron chi connectivity index (χ4n) is 2.41. The van der Waals surface area contributed by atoms with Gasteiger partial charge in [0.1, 0.15) is 0 Å². The van der Waals surface area contributed by atoms with Crippen LogP contribution in [0.4, 0.5) is 0 Å². The molecule has 0 fully saturated rings. The predicted molar refractivity (Wildman–Crippen MR) is 97.4 cm³/mol. The Morgan fingerprint density at radius 3 is 2.92 bits per heavy atom. The third-order valence-corrected chi connectivity index (χ3v) is 5.31. The van der Waals surface area contributed by atoms with Gasteiger partial charge in [-0.1, -0.05) is 6.07 Å². The minimum Gasteiger partial charge on any atom is -0.454 e. The molecule has 5 nitrogen and oxygen atoms in total. The number of benzene rings is 1. The van der Waals surface area contributed by atoms with Crippen molar-refractivity contribution in [1.29, 1.82) is 0 Å². The topological polar surface area (TPSA) is 50.8 Å². The molecular weight excluding hydrogens is 392 g/mol. The number of carbonyl (C=O) groups is 1. The van der Waals surface area contributed by atoms with Crippen LogP contribution in [0.1, 0.15) is 16.9 Å². The van der Waals surface area contributed by atoms with Crippen molar-refractivity contribution < 1.29 is 14.3 Å². The third-order valence-electron chi connectivity index (χ3n) is 3.70. The maximum absolute atomic E-state index is 12.0. The minimum atomic E-state index is 0.0480. The fourth-order valence-corrected chi connectivity index (χ4v) is 3.98. The van der Waals surface area contributed by atoms with Crippen LogP contribution in [0.2, 0.25) is 0 Å². The average molecular weight is 411 g/mol. The number of fused-ring (bicyclic) bond motifs is 1.